The minimum Gasteiger partial charge on any atom is -0.480 e. The summed E-state index contributed by atoms with van der Waals surface area (Å²) < 4.78 is 60.7. The molecule has 4 aromatic rings. The Hall–Kier alpha value is -4.51. The molecule has 0 spiro atoms. The van der Waals surface area contributed by atoms with Crippen molar-refractivity contribution in [3.05, 3.63) is 90.8 Å². The van der Waals surface area contributed by atoms with Gasteiger partial charge in [0.05, 0.1) is 18.3 Å². The number of benzene rings is 2. The van der Waals surface area contributed by atoms with Gasteiger partial charge in [0.1, 0.15) is 28.0 Å². The molecule has 2 heterocycles. The van der Waals surface area contributed by atoms with E-state index in [0.717, 1.165) is 29.6 Å². The van der Waals surface area contributed by atoms with Gasteiger partial charge in [-0.2, -0.15) is 0 Å². The number of methoxy groups -OCH3 is 1. The molecule has 0 amide bonds. The Kier molecular flexibility index (Phi) is 7.58. The van der Waals surface area contributed by atoms with Gasteiger partial charge < -0.3 is 15.8 Å². The van der Waals surface area contributed by atoms with Crippen molar-refractivity contribution in [2.45, 2.75) is 18.2 Å². The van der Waals surface area contributed by atoms with Crippen LogP contribution >= 0.6 is 0 Å². The van der Waals surface area contributed by atoms with Crippen LogP contribution in [0.5, 0.6) is 5.88 Å². The monoisotopic (exact) mass is 537 g/mol. The Balaban J connectivity index is 1.73. The van der Waals surface area contributed by atoms with Crippen LogP contribution in [-0.4, -0.2) is 25.5 Å². The van der Waals surface area contributed by atoms with Crippen LogP contribution < -0.4 is 20.5 Å². The molecule has 2 aromatic heterocycles. The van der Waals surface area contributed by atoms with E-state index >= 15 is 0 Å². The molecular weight excluding hydrogens is 512 g/mol. The smallest absolute Gasteiger partial charge is 0.264 e. The van der Waals surface area contributed by atoms with E-state index in [1.54, 1.807) is 18.2 Å². The number of fused-ring (bicyclic) bond motifs is 1. The summed E-state index contributed by atoms with van der Waals surface area (Å²) >= 11 is 0. The summed E-state index contributed by atoms with van der Waals surface area (Å²) in [5, 5.41) is 4.04. The van der Waals surface area contributed by atoms with Gasteiger partial charge in [-0.15, -0.1) is 0 Å². The normalized spacial score (nSPS) is 11.8. The fraction of sp³-hybridized carbons (Fsp3) is 0.111. The maximum absolute atomic E-state index is 14.2. The lowest BCUT2D eigenvalue weighted by Crippen LogP contribution is -2.15. The van der Waals surface area contributed by atoms with E-state index in [2.05, 4.69) is 26.6 Å². The number of ether oxygens (including phenoxy) is 1. The largest absolute Gasteiger partial charge is 0.480 e. The summed E-state index contributed by atoms with van der Waals surface area (Å²) in [5.41, 5.74) is 9.60. The molecule has 4 rings (SSSR count). The summed E-state index contributed by atoms with van der Waals surface area (Å²) in [4.78, 5) is 7.96. The lowest BCUT2D eigenvalue weighted by atomic mass is 10.0. The zero-order chi connectivity index (χ0) is 27.4. The predicted octanol–water partition coefficient (Wildman–Crippen LogP) is 5.86. The van der Waals surface area contributed by atoms with Crippen molar-refractivity contribution in [3.63, 3.8) is 0 Å². The van der Waals surface area contributed by atoms with Crippen molar-refractivity contribution < 1.29 is 21.9 Å². The minimum atomic E-state index is -4.41. The second kappa shape index (κ2) is 10.9. The molecule has 0 unspecified atom stereocenters. The van der Waals surface area contributed by atoms with Crippen LogP contribution in [0.1, 0.15) is 13.3 Å². The van der Waals surface area contributed by atoms with E-state index in [1.165, 1.54) is 19.4 Å². The highest BCUT2D eigenvalue weighted by Gasteiger charge is 2.22. The van der Waals surface area contributed by atoms with Gasteiger partial charge in [0.2, 0.25) is 5.88 Å². The summed E-state index contributed by atoms with van der Waals surface area (Å²) in [6.45, 7) is 5.72. The quantitative estimate of drug-likeness (QED) is 0.229. The van der Waals surface area contributed by atoms with Crippen LogP contribution in [0.2, 0.25) is 0 Å². The molecule has 0 radical (unpaired) electrons. The first-order valence-corrected chi connectivity index (χ1v) is 12.9. The van der Waals surface area contributed by atoms with Gasteiger partial charge in [0, 0.05) is 28.9 Å². The van der Waals surface area contributed by atoms with E-state index in [4.69, 9.17) is 10.5 Å². The maximum Gasteiger partial charge on any atom is 0.264 e. The maximum atomic E-state index is 14.2. The third kappa shape index (κ3) is 5.57. The Morgan fingerprint density at radius 3 is 2.58 bits per heavy atom. The number of aromatic nitrogens is 2. The number of anilines is 3. The average molecular weight is 538 g/mol. The highest BCUT2D eigenvalue weighted by atomic mass is 32.2. The highest BCUT2D eigenvalue weighted by molar-refractivity contribution is 7.92. The second-order valence-corrected chi connectivity index (χ2v) is 9.85. The van der Waals surface area contributed by atoms with Gasteiger partial charge in [0.25, 0.3) is 10.0 Å². The number of hydrogen-bond acceptors (Lipinski definition) is 7. The Morgan fingerprint density at radius 2 is 1.89 bits per heavy atom. The number of nitrogen functional groups attached to an aromatic ring is 1. The topological polar surface area (TPSA) is 119 Å². The molecule has 0 aliphatic carbocycles. The number of nitrogens with zero attached hydrogens (tertiary/aromatic N) is 2. The lowest BCUT2D eigenvalue weighted by molar-refractivity contribution is 0.400. The molecule has 196 valence electrons. The van der Waals surface area contributed by atoms with E-state index in [9.17, 15) is 17.2 Å². The third-order valence-corrected chi connectivity index (χ3v) is 7.04. The van der Waals surface area contributed by atoms with Gasteiger partial charge >= 0.3 is 0 Å². The third-order valence-electron chi connectivity index (χ3n) is 5.64. The number of nitrogens with two attached hydrogens (primary N) is 1. The first-order chi connectivity index (χ1) is 18.1. The van der Waals surface area contributed by atoms with Crippen LogP contribution in [0.3, 0.4) is 0 Å². The first-order valence-electron chi connectivity index (χ1n) is 11.5. The number of rotatable bonds is 9. The van der Waals surface area contributed by atoms with E-state index < -0.39 is 26.6 Å². The average Bonchev–Trinajstić information content (AvgIpc) is 2.88. The number of halogens is 2. The van der Waals surface area contributed by atoms with Crippen LogP contribution in [0, 0.1) is 11.6 Å². The minimum absolute atomic E-state index is 0.0197. The Morgan fingerprint density at radius 1 is 1.11 bits per heavy atom. The molecule has 0 aliphatic heterocycles. The van der Waals surface area contributed by atoms with Gasteiger partial charge in [-0.1, -0.05) is 25.6 Å². The zero-order valence-corrected chi connectivity index (χ0v) is 21.4. The van der Waals surface area contributed by atoms with Crippen LogP contribution in [0.4, 0.5) is 26.0 Å². The Labute approximate surface area is 218 Å². The fourth-order valence-corrected chi connectivity index (χ4v) is 4.88. The second-order valence-electron chi connectivity index (χ2n) is 8.20. The van der Waals surface area contributed by atoms with Crippen molar-refractivity contribution >= 4 is 38.1 Å². The van der Waals surface area contributed by atoms with Crippen LogP contribution in [0.15, 0.2) is 84.1 Å². The van der Waals surface area contributed by atoms with Crippen molar-refractivity contribution in [2.24, 2.45) is 0 Å². The standard InChI is InChI=1S/C27H25F2N5O3S/c1-4-6-20(5-2)32-23-12-17-11-16(7-9-22(17)33-26(23)30)18-13-24(27(37-3)31-15-18)34-38(35,36)25-10-8-19(28)14-21(25)29/h4,6-15,32,34H,1,5H2,2-3H3,(H2,30,33)/b20-6+. The van der Waals surface area contributed by atoms with E-state index in [-0.39, 0.29) is 11.6 Å². The zero-order valence-electron chi connectivity index (χ0n) is 20.6. The summed E-state index contributed by atoms with van der Waals surface area (Å²) in [6, 6.07) is 11.0. The number of pyridine rings is 2. The van der Waals surface area contributed by atoms with Crippen molar-refractivity contribution in [1.29, 1.82) is 0 Å². The fourth-order valence-electron chi connectivity index (χ4n) is 3.77. The van der Waals surface area contributed by atoms with Gasteiger partial charge in [-0.05, 0) is 54.5 Å². The molecule has 11 heteroatoms. The number of hydrogen-bond donors (Lipinski definition) is 3. The van der Waals surface area contributed by atoms with Crippen molar-refractivity contribution in [3.8, 4) is 17.0 Å². The molecule has 0 bridgehead atoms. The molecule has 0 aliphatic rings. The highest BCUT2D eigenvalue weighted by Crippen LogP contribution is 2.33. The van der Waals surface area contributed by atoms with E-state index in [0.29, 0.717) is 34.2 Å². The van der Waals surface area contributed by atoms with Crippen molar-refractivity contribution in [1.82, 2.24) is 9.97 Å². The number of allylic oxidation sites excluding steroid dienone is 3. The van der Waals surface area contributed by atoms with Crippen LogP contribution in [-0.2, 0) is 10.0 Å². The summed E-state index contributed by atoms with van der Waals surface area (Å²) in [6.07, 6.45) is 5.79. The summed E-state index contributed by atoms with van der Waals surface area (Å²) in [7, 11) is -3.09. The van der Waals surface area contributed by atoms with Gasteiger partial charge in [-0.3, -0.25) is 4.72 Å². The van der Waals surface area contributed by atoms with Gasteiger partial charge in [0.15, 0.2) is 0 Å². The molecule has 0 atom stereocenters. The first kappa shape index (κ1) is 26.6. The molecule has 4 N–H and O–H groups in total. The summed E-state index contributed by atoms with van der Waals surface area (Å²) in [5.74, 6) is -1.80. The predicted molar refractivity (Wildman–Crippen MR) is 145 cm³/mol. The molecule has 2 aromatic carbocycles. The molecule has 8 nitrogen and oxygen atoms in total. The van der Waals surface area contributed by atoms with E-state index in [1.807, 2.05) is 25.1 Å². The molecule has 38 heavy (non-hydrogen) atoms. The van der Waals surface area contributed by atoms with Gasteiger partial charge in [-0.25, -0.2) is 27.2 Å². The lowest BCUT2D eigenvalue weighted by Gasteiger charge is -2.14. The molecule has 0 fully saturated rings. The SMILES string of the molecule is C=C/C=C(\CC)Nc1cc2cc(-c3cnc(OC)c(NS(=O)(=O)c4ccc(F)cc4F)c3)ccc2nc1N. The van der Waals surface area contributed by atoms with Crippen LogP contribution in [0.25, 0.3) is 22.0 Å². The number of nitrogens with one attached hydrogen (secondary N) is 2. The molecule has 0 saturated carbocycles. The Bertz CT molecular complexity index is 1670. The number of sulfonamides is 1. The molecule has 0 saturated heterocycles. The molecular formula is C27H25F2N5O3S. The van der Waals surface area contributed by atoms with Crippen molar-refractivity contribution in [2.75, 3.05) is 22.9 Å².